The van der Waals surface area contributed by atoms with Crippen molar-refractivity contribution in [2.45, 2.75) is 0 Å². The van der Waals surface area contributed by atoms with Gasteiger partial charge in [0.2, 0.25) is 17.4 Å². The second kappa shape index (κ2) is 13.4. The molecular formula is C16H20F4O7. The van der Waals surface area contributed by atoms with Crippen molar-refractivity contribution in [3.05, 3.63) is 29.3 Å². The van der Waals surface area contributed by atoms with E-state index in [1.54, 1.807) is 0 Å². The van der Waals surface area contributed by atoms with E-state index in [2.05, 4.69) is 4.74 Å². The monoisotopic (exact) mass is 400 g/mol. The van der Waals surface area contributed by atoms with Gasteiger partial charge in [0, 0.05) is 6.07 Å². The molecule has 0 unspecified atom stereocenters. The van der Waals surface area contributed by atoms with Crippen LogP contribution in [0.1, 0.15) is 0 Å². The maximum atomic E-state index is 13.3. The Hall–Kier alpha value is -1.79. The Kier molecular flexibility index (Phi) is 11.5. The molecule has 0 saturated carbocycles. The molecule has 0 saturated heterocycles. The number of benzene rings is 1. The van der Waals surface area contributed by atoms with Gasteiger partial charge in [0.05, 0.1) is 52.9 Å². The quantitative estimate of drug-likeness (QED) is 0.165. The molecule has 1 N–H and O–H groups in total. The molecule has 0 aromatic heterocycles. The number of halogens is 4. The zero-order chi connectivity index (χ0) is 20.1. The summed E-state index contributed by atoms with van der Waals surface area (Å²) in [6.45, 7) is 0.820. The topological polar surface area (TPSA) is 83.5 Å². The molecule has 0 spiro atoms. The third kappa shape index (κ3) is 9.11. The summed E-state index contributed by atoms with van der Waals surface area (Å²) in [5, 5.41) is 8.47. The molecule has 27 heavy (non-hydrogen) atoms. The van der Waals surface area contributed by atoms with E-state index in [-0.39, 0.29) is 39.1 Å². The van der Waals surface area contributed by atoms with E-state index >= 15 is 0 Å². The predicted molar refractivity (Wildman–Crippen MR) is 82.3 cm³/mol. The predicted octanol–water partition coefficient (Wildman–Crippen LogP) is 1.21. The van der Waals surface area contributed by atoms with Crippen LogP contribution in [0.2, 0.25) is 0 Å². The molecular weight excluding hydrogens is 380 g/mol. The molecule has 7 nitrogen and oxygen atoms in total. The second-order valence-electron chi connectivity index (χ2n) is 4.88. The first-order chi connectivity index (χ1) is 13.0. The van der Waals surface area contributed by atoms with E-state index < -0.39 is 41.6 Å². The summed E-state index contributed by atoms with van der Waals surface area (Å²) in [7, 11) is 0. The number of hydrogen-bond donors (Lipinski definition) is 1. The van der Waals surface area contributed by atoms with Crippen LogP contribution in [0.25, 0.3) is 0 Å². The average molecular weight is 400 g/mol. The number of carbonyl (C=O) groups is 1. The zero-order valence-electron chi connectivity index (χ0n) is 14.3. The molecule has 1 aromatic carbocycles. The van der Waals surface area contributed by atoms with E-state index in [1.807, 2.05) is 0 Å². The highest BCUT2D eigenvalue weighted by atomic mass is 19.2. The van der Waals surface area contributed by atoms with E-state index in [4.69, 9.17) is 24.1 Å². The molecule has 0 radical (unpaired) electrons. The Morgan fingerprint density at radius 2 is 1.22 bits per heavy atom. The van der Waals surface area contributed by atoms with Gasteiger partial charge >= 0.3 is 5.97 Å². The Balaban J connectivity index is 2.10. The van der Waals surface area contributed by atoms with Gasteiger partial charge in [-0.15, -0.1) is 0 Å². The smallest absolute Gasteiger partial charge is 0.337 e. The lowest BCUT2D eigenvalue weighted by atomic mass is 10.3. The molecule has 154 valence electrons. The highest BCUT2D eigenvalue weighted by Crippen LogP contribution is 2.26. The first kappa shape index (κ1) is 23.2. The van der Waals surface area contributed by atoms with Crippen LogP contribution in [0.15, 0.2) is 6.07 Å². The molecule has 0 aliphatic heterocycles. The lowest BCUT2D eigenvalue weighted by molar-refractivity contribution is -0.140. The van der Waals surface area contributed by atoms with Crippen LogP contribution in [0.3, 0.4) is 0 Å². The van der Waals surface area contributed by atoms with E-state index in [0.717, 1.165) is 0 Å². The first-order valence-corrected chi connectivity index (χ1v) is 7.92. The normalized spacial score (nSPS) is 11.0. The summed E-state index contributed by atoms with van der Waals surface area (Å²) < 4.78 is 77.0. The van der Waals surface area contributed by atoms with Crippen LogP contribution in [0.5, 0.6) is 5.75 Å². The number of rotatable bonds is 14. The van der Waals surface area contributed by atoms with Crippen LogP contribution in [-0.4, -0.2) is 70.5 Å². The van der Waals surface area contributed by atoms with Crippen LogP contribution in [0, 0.1) is 23.3 Å². The molecule has 1 aromatic rings. The van der Waals surface area contributed by atoms with Gasteiger partial charge in [-0.1, -0.05) is 0 Å². The lowest BCUT2D eigenvalue weighted by Gasteiger charge is -2.09. The van der Waals surface area contributed by atoms with Gasteiger partial charge in [-0.05, 0) is 0 Å². The van der Waals surface area contributed by atoms with E-state index in [1.165, 1.54) is 0 Å². The van der Waals surface area contributed by atoms with E-state index in [9.17, 15) is 22.4 Å². The summed E-state index contributed by atoms with van der Waals surface area (Å²) in [5.74, 6) is -9.69. The van der Waals surface area contributed by atoms with Crippen LogP contribution in [-0.2, 0) is 23.7 Å². The number of aliphatic hydroxyl groups excluding tert-OH is 1. The standard InChI is InChI=1S/C16H20F4O7/c17-11-9-12(18)15(20)16(14(11)19)27-13(22)10-26-8-7-25-6-5-24-4-3-23-2-1-21/h9,21H,1-8,10H2. The van der Waals surface area contributed by atoms with Crippen molar-refractivity contribution in [1.82, 2.24) is 0 Å². The minimum absolute atomic E-state index is 0.00169. The van der Waals surface area contributed by atoms with Gasteiger partial charge < -0.3 is 28.8 Å². The van der Waals surface area contributed by atoms with Crippen LogP contribution in [0.4, 0.5) is 17.6 Å². The number of ether oxygens (including phenoxy) is 5. The number of hydrogen-bond acceptors (Lipinski definition) is 7. The molecule has 0 aliphatic rings. The van der Waals surface area contributed by atoms with Gasteiger partial charge in [0.1, 0.15) is 6.61 Å². The summed E-state index contributed by atoms with van der Waals surface area (Å²) >= 11 is 0. The molecule has 0 fully saturated rings. The highest BCUT2D eigenvalue weighted by Gasteiger charge is 2.22. The first-order valence-electron chi connectivity index (χ1n) is 7.92. The average Bonchev–Trinajstić information content (AvgIpc) is 2.64. The molecule has 11 heteroatoms. The van der Waals surface area contributed by atoms with Gasteiger partial charge in [-0.3, -0.25) is 0 Å². The second-order valence-corrected chi connectivity index (χ2v) is 4.88. The number of carbonyl (C=O) groups excluding carboxylic acids is 1. The SMILES string of the molecule is O=C(COCCOCCOCCOCCO)Oc1c(F)c(F)cc(F)c1F. The number of aliphatic hydroxyl groups is 1. The van der Waals surface area contributed by atoms with Gasteiger partial charge in [-0.2, -0.15) is 8.78 Å². The maximum Gasteiger partial charge on any atom is 0.337 e. The summed E-state index contributed by atoms with van der Waals surface area (Å²) in [6.07, 6.45) is 0. The van der Waals surface area contributed by atoms with Crippen molar-refractivity contribution < 1.29 is 51.1 Å². The van der Waals surface area contributed by atoms with Crippen molar-refractivity contribution in [3.63, 3.8) is 0 Å². The zero-order valence-corrected chi connectivity index (χ0v) is 14.3. The Morgan fingerprint density at radius 1 is 0.778 bits per heavy atom. The highest BCUT2D eigenvalue weighted by molar-refractivity contribution is 5.73. The number of esters is 1. The Labute approximate surface area is 152 Å². The van der Waals surface area contributed by atoms with Crippen molar-refractivity contribution in [2.75, 3.05) is 59.5 Å². The third-order valence-corrected chi connectivity index (χ3v) is 2.86. The molecule has 1 rings (SSSR count). The summed E-state index contributed by atoms with van der Waals surface area (Å²) in [5.41, 5.74) is 0. The molecule has 0 heterocycles. The Morgan fingerprint density at radius 3 is 1.70 bits per heavy atom. The fourth-order valence-electron chi connectivity index (χ4n) is 1.66. The van der Waals surface area contributed by atoms with Crippen molar-refractivity contribution >= 4 is 5.97 Å². The van der Waals surface area contributed by atoms with Crippen LogP contribution < -0.4 is 4.74 Å². The van der Waals surface area contributed by atoms with Crippen molar-refractivity contribution in [3.8, 4) is 5.75 Å². The molecule has 0 amide bonds. The molecule has 0 aliphatic carbocycles. The van der Waals surface area contributed by atoms with Gasteiger partial charge in [0.25, 0.3) is 0 Å². The Bertz CT molecular complexity index is 560. The maximum absolute atomic E-state index is 13.3. The largest absolute Gasteiger partial charge is 0.418 e. The van der Waals surface area contributed by atoms with Gasteiger partial charge in [-0.25, -0.2) is 13.6 Å². The summed E-state index contributed by atoms with van der Waals surface area (Å²) in [6, 6.07) is 0.00169. The minimum Gasteiger partial charge on any atom is -0.418 e. The minimum atomic E-state index is -1.81. The molecule has 0 bridgehead atoms. The van der Waals surface area contributed by atoms with Crippen LogP contribution >= 0.6 is 0 Å². The fourth-order valence-corrected chi connectivity index (χ4v) is 1.66. The fraction of sp³-hybridized carbons (Fsp3) is 0.562. The third-order valence-electron chi connectivity index (χ3n) is 2.86. The van der Waals surface area contributed by atoms with Gasteiger partial charge in [0.15, 0.2) is 11.6 Å². The molecule has 0 atom stereocenters. The van der Waals surface area contributed by atoms with Crippen molar-refractivity contribution in [1.29, 1.82) is 0 Å². The van der Waals surface area contributed by atoms with E-state index in [0.29, 0.717) is 19.8 Å². The summed E-state index contributed by atoms with van der Waals surface area (Å²) in [4.78, 5) is 11.4. The lowest BCUT2D eigenvalue weighted by Crippen LogP contribution is -2.19. The van der Waals surface area contributed by atoms with Crippen molar-refractivity contribution in [2.24, 2.45) is 0 Å².